The molecular formula is C22H26BrClN2O3. The summed E-state index contributed by atoms with van der Waals surface area (Å²) < 4.78 is 6.55. The molecule has 1 N–H and O–H groups in total. The molecule has 2 amide bonds. The van der Waals surface area contributed by atoms with Gasteiger partial charge in [-0.15, -0.1) is 0 Å². The van der Waals surface area contributed by atoms with Gasteiger partial charge in [-0.05, 0) is 42.7 Å². The fourth-order valence-electron chi connectivity index (χ4n) is 2.61. The number of nitrogens with one attached hydrogen (secondary N) is 1. The first-order valence-electron chi connectivity index (χ1n) is 9.47. The summed E-state index contributed by atoms with van der Waals surface area (Å²) in [4.78, 5) is 27.1. The Hall–Kier alpha value is -2.05. The molecular weight excluding hydrogens is 456 g/mol. The zero-order valence-electron chi connectivity index (χ0n) is 16.8. The largest absolute Gasteiger partial charge is 0.482 e. The van der Waals surface area contributed by atoms with Crippen LogP contribution in [-0.2, 0) is 16.1 Å². The number of benzene rings is 2. The van der Waals surface area contributed by atoms with E-state index in [1.807, 2.05) is 38.1 Å². The van der Waals surface area contributed by atoms with Crippen molar-refractivity contribution in [3.05, 3.63) is 63.6 Å². The number of ether oxygens (including phenoxy) is 1. The van der Waals surface area contributed by atoms with Crippen LogP contribution < -0.4 is 10.1 Å². The van der Waals surface area contributed by atoms with E-state index in [1.54, 1.807) is 31.2 Å². The van der Waals surface area contributed by atoms with Gasteiger partial charge in [-0.1, -0.05) is 65.6 Å². The molecule has 0 aliphatic carbocycles. The van der Waals surface area contributed by atoms with Gasteiger partial charge < -0.3 is 15.0 Å². The van der Waals surface area contributed by atoms with Crippen LogP contribution >= 0.6 is 27.5 Å². The van der Waals surface area contributed by atoms with Gasteiger partial charge in [-0.3, -0.25) is 9.59 Å². The molecule has 0 radical (unpaired) electrons. The maximum Gasteiger partial charge on any atom is 0.261 e. The minimum absolute atomic E-state index is 0.193. The van der Waals surface area contributed by atoms with Gasteiger partial charge in [0, 0.05) is 17.6 Å². The summed E-state index contributed by atoms with van der Waals surface area (Å²) in [5.74, 6) is 0.273. The first-order valence-corrected chi connectivity index (χ1v) is 10.6. The Labute approximate surface area is 185 Å². The van der Waals surface area contributed by atoms with Crippen molar-refractivity contribution in [1.29, 1.82) is 0 Å². The van der Waals surface area contributed by atoms with Crippen molar-refractivity contribution in [3.63, 3.8) is 0 Å². The number of hydrogen-bond acceptors (Lipinski definition) is 3. The number of para-hydroxylation sites is 1. The lowest BCUT2D eigenvalue weighted by Gasteiger charge is -2.29. The number of halogens is 2. The van der Waals surface area contributed by atoms with Gasteiger partial charge >= 0.3 is 0 Å². The molecule has 0 saturated heterocycles. The smallest absolute Gasteiger partial charge is 0.261 e. The first kappa shape index (κ1) is 23.2. The number of rotatable bonds is 9. The molecule has 1 atom stereocenters. The topological polar surface area (TPSA) is 58.6 Å². The average molecular weight is 482 g/mol. The Morgan fingerprint density at radius 1 is 1.10 bits per heavy atom. The quantitative estimate of drug-likeness (QED) is 0.566. The van der Waals surface area contributed by atoms with E-state index in [1.165, 1.54) is 4.90 Å². The van der Waals surface area contributed by atoms with Crippen molar-refractivity contribution in [3.8, 4) is 5.75 Å². The number of hydrogen-bond donors (Lipinski definition) is 1. The third kappa shape index (κ3) is 7.37. The lowest BCUT2D eigenvalue weighted by atomic mass is 10.1. The SMILES string of the molecule is CC(C)CNC(=O)[C@H](C)N(Cc1ccc(Br)cc1)C(=O)COc1ccccc1Cl. The minimum Gasteiger partial charge on any atom is -0.482 e. The maximum absolute atomic E-state index is 13.0. The van der Waals surface area contributed by atoms with Gasteiger partial charge in [0.05, 0.1) is 5.02 Å². The second-order valence-electron chi connectivity index (χ2n) is 7.18. The number of nitrogens with zero attached hydrogens (tertiary/aromatic N) is 1. The molecule has 0 saturated carbocycles. The fraction of sp³-hybridized carbons (Fsp3) is 0.364. The van der Waals surface area contributed by atoms with Gasteiger partial charge in [0.1, 0.15) is 11.8 Å². The molecule has 0 bridgehead atoms. The monoisotopic (exact) mass is 480 g/mol. The lowest BCUT2D eigenvalue weighted by Crippen LogP contribution is -2.49. The van der Waals surface area contributed by atoms with Crippen LogP contribution in [0.1, 0.15) is 26.3 Å². The van der Waals surface area contributed by atoms with E-state index in [9.17, 15) is 9.59 Å². The van der Waals surface area contributed by atoms with E-state index in [2.05, 4.69) is 21.2 Å². The molecule has 0 unspecified atom stereocenters. The van der Waals surface area contributed by atoms with E-state index < -0.39 is 6.04 Å². The Morgan fingerprint density at radius 3 is 2.38 bits per heavy atom. The second kappa shape index (κ2) is 11.2. The van der Waals surface area contributed by atoms with Crippen LogP contribution in [0.4, 0.5) is 0 Å². The zero-order chi connectivity index (χ0) is 21.4. The molecule has 2 aromatic rings. The summed E-state index contributed by atoms with van der Waals surface area (Å²) in [6, 6.07) is 14.0. The van der Waals surface area contributed by atoms with Crippen molar-refractivity contribution in [2.75, 3.05) is 13.2 Å². The van der Waals surface area contributed by atoms with E-state index in [4.69, 9.17) is 16.3 Å². The van der Waals surface area contributed by atoms with Crippen LogP contribution in [0.2, 0.25) is 5.02 Å². The zero-order valence-corrected chi connectivity index (χ0v) is 19.2. The Kier molecular flexibility index (Phi) is 8.99. The van der Waals surface area contributed by atoms with Crippen LogP contribution in [0.3, 0.4) is 0 Å². The molecule has 0 aromatic heterocycles. The molecule has 0 aliphatic heterocycles. The number of amides is 2. The van der Waals surface area contributed by atoms with E-state index in [0.29, 0.717) is 29.8 Å². The maximum atomic E-state index is 13.0. The second-order valence-corrected chi connectivity index (χ2v) is 8.51. The lowest BCUT2D eigenvalue weighted by molar-refractivity contribution is -0.142. The molecule has 0 spiro atoms. The third-order valence-electron chi connectivity index (χ3n) is 4.31. The summed E-state index contributed by atoms with van der Waals surface area (Å²) >= 11 is 9.50. The van der Waals surface area contributed by atoms with Crippen molar-refractivity contribution in [2.24, 2.45) is 5.92 Å². The van der Waals surface area contributed by atoms with Gasteiger partial charge in [0.15, 0.2) is 6.61 Å². The van der Waals surface area contributed by atoms with Gasteiger partial charge in [-0.2, -0.15) is 0 Å². The molecule has 29 heavy (non-hydrogen) atoms. The first-order chi connectivity index (χ1) is 13.8. The van der Waals surface area contributed by atoms with E-state index >= 15 is 0 Å². The molecule has 2 rings (SSSR count). The van der Waals surface area contributed by atoms with Gasteiger partial charge in [0.25, 0.3) is 5.91 Å². The van der Waals surface area contributed by atoms with Crippen LogP contribution in [0.25, 0.3) is 0 Å². The third-order valence-corrected chi connectivity index (χ3v) is 5.15. The predicted octanol–water partition coefficient (Wildman–Crippen LogP) is 4.67. The summed E-state index contributed by atoms with van der Waals surface area (Å²) in [6.45, 7) is 6.41. The van der Waals surface area contributed by atoms with E-state index in [0.717, 1.165) is 10.0 Å². The summed E-state index contributed by atoms with van der Waals surface area (Å²) in [5, 5.41) is 3.33. The molecule has 7 heteroatoms. The van der Waals surface area contributed by atoms with Gasteiger partial charge in [-0.25, -0.2) is 0 Å². The van der Waals surface area contributed by atoms with Crippen LogP contribution in [0.15, 0.2) is 53.0 Å². The molecule has 156 valence electrons. The average Bonchev–Trinajstić information content (AvgIpc) is 2.70. The van der Waals surface area contributed by atoms with Crippen LogP contribution in [0, 0.1) is 5.92 Å². The Morgan fingerprint density at radius 2 is 1.76 bits per heavy atom. The van der Waals surface area contributed by atoms with E-state index in [-0.39, 0.29) is 18.4 Å². The van der Waals surface area contributed by atoms with Crippen molar-refractivity contribution < 1.29 is 14.3 Å². The number of carbonyl (C=O) groups is 2. The normalized spacial score (nSPS) is 11.8. The van der Waals surface area contributed by atoms with Crippen LogP contribution in [0.5, 0.6) is 5.75 Å². The highest BCUT2D eigenvalue weighted by molar-refractivity contribution is 9.10. The Balaban J connectivity index is 2.13. The van der Waals surface area contributed by atoms with Crippen molar-refractivity contribution >= 4 is 39.3 Å². The molecule has 0 aliphatic rings. The molecule has 5 nitrogen and oxygen atoms in total. The highest BCUT2D eigenvalue weighted by Gasteiger charge is 2.26. The Bertz CT molecular complexity index is 827. The summed E-state index contributed by atoms with van der Waals surface area (Å²) in [7, 11) is 0. The molecule has 0 heterocycles. The fourth-order valence-corrected chi connectivity index (χ4v) is 3.06. The molecule has 2 aromatic carbocycles. The summed E-state index contributed by atoms with van der Waals surface area (Å²) in [6.07, 6.45) is 0. The highest BCUT2D eigenvalue weighted by Crippen LogP contribution is 2.23. The van der Waals surface area contributed by atoms with Crippen molar-refractivity contribution in [1.82, 2.24) is 10.2 Å². The predicted molar refractivity (Wildman–Crippen MR) is 119 cm³/mol. The summed E-state index contributed by atoms with van der Waals surface area (Å²) in [5.41, 5.74) is 0.919. The standard InChI is InChI=1S/C22H26BrClN2O3/c1-15(2)12-25-22(28)16(3)26(13-17-8-10-18(23)11-9-17)21(27)14-29-20-7-5-4-6-19(20)24/h4-11,15-16H,12-14H2,1-3H3,(H,25,28)/t16-/m0/s1. The minimum atomic E-state index is -0.639. The highest BCUT2D eigenvalue weighted by atomic mass is 79.9. The van der Waals surface area contributed by atoms with Crippen molar-refractivity contribution in [2.45, 2.75) is 33.4 Å². The van der Waals surface area contributed by atoms with Gasteiger partial charge in [0.2, 0.25) is 5.91 Å². The molecule has 0 fully saturated rings. The number of carbonyl (C=O) groups excluding carboxylic acids is 2. The van der Waals surface area contributed by atoms with Crippen LogP contribution in [-0.4, -0.2) is 35.9 Å².